The molecule has 0 radical (unpaired) electrons. The number of benzene rings is 2. The van der Waals surface area contributed by atoms with Crippen LogP contribution in [-0.2, 0) is 7.05 Å². The molecule has 1 aromatic heterocycles. The van der Waals surface area contributed by atoms with Crippen molar-refractivity contribution in [3.05, 3.63) is 86.3 Å². The molecule has 3 rings (SSSR count). The lowest BCUT2D eigenvalue weighted by atomic mass is 10.3. The zero-order valence-corrected chi connectivity index (χ0v) is 14.3. The van der Waals surface area contributed by atoms with Gasteiger partial charge in [0.2, 0.25) is 0 Å². The molecule has 26 heavy (non-hydrogen) atoms. The molecule has 132 valence electrons. The Morgan fingerprint density at radius 1 is 1.12 bits per heavy atom. The summed E-state index contributed by atoms with van der Waals surface area (Å²) in [5.41, 5.74) is 5.19. The van der Waals surface area contributed by atoms with Crippen molar-refractivity contribution in [2.45, 2.75) is 6.92 Å². The maximum Gasteiger partial charge on any atom is 0.280 e. The third-order valence-electron chi connectivity index (χ3n) is 4.06. The molecule has 2 aromatic carbocycles. The van der Waals surface area contributed by atoms with Crippen LogP contribution in [-0.4, -0.2) is 20.5 Å². The van der Waals surface area contributed by atoms with Crippen LogP contribution in [0, 0.1) is 17.0 Å². The van der Waals surface area contributed by atoms with E-state index >= 15 is 0 Å². The van der Waals surface area contributed by atoms with Crippen LogP contribution in [0.5, 0.6) is 0 Å². The smallest absolute Gasteiger partial charge is 0.280 e. The summed E-state index contributed by atoms with van der Waals surface area (Å²) in [4.78, 5) is 22.9. The minimum Gasteiger partial charge on any atom is -0.285 e. The average Bonchev–Trinajstić information content (AvgIpc) is 2.86. The molecule has 3 aromatic rings. The van der Waals surface area contributed by atoms with E-state index in [1.54, 1.807) is 21.5 Å². The highest BCUT2D eigenvalue weighted by atomic mass is 16.6. The van der Waals surface area contributed by atoms with Crippen LogP contribution in [0.4, 0.5) is 11.4 Å². The molecule has 0 unspecified atom stereocenters. The van der Waals surface area contributed by atoms with E-state index in [1.807, 2.05) is 44.3 Å². The zero-order chi connectivity index (χ0) is 18.7. The topological polar surface area (TPSA) is 94.5 Å². The van der Waals surface area contributed by atoms with Gasteiger partial charge in [0, 0.05) is 24.9 Å². The molecule has 1 heterocycles. The highest BCUT2D eigenvalue weighted by Gasteiger charge is 2.14. The molecule has 8 nitrogen and oxygen atoms in total. The van der Waals surface area contributed by atoms with Crippen molar-refractivity contribution >= 4 is 17.6 Å². The van der Waals surface area contributed by atoms with Crippen LogP contribution >= 0.6 is 0 Å². The number of nitrogens with one attached hydrogen (secondary N) is 1. The summed E-state index contributed by atoms with van der Waals surface area (Å²) >= 11 is 0. The van der Waals surface area contributed by atoms with E-state index in [4.69, 9.17) is 0 Å². The predicted molar refractivity (Wildman–Crippen MR) is 100 cm³/mol. The quantitative estimate of drug-likeness (QED) is 0.434. The largest absolute Gasteiger partial charge is 0.285 e. The lowest BCUT2D eigenvalue weighted by Crippen LogP contribution is -2.20. The molecular weight excluding hydrogens is 334 g/mol. The van der Waals surface area contributed by atoms with Gasteiger partial charge in [-0.2, -0.15) is 5.10 Å². The van der Waals surface area contributed by atoms with Crippen molar-refractivity contribution in [1.82, 2.24) is 9.36 Å². The van der Waals surface area contributed by atoms with Gasteiger partial charge in [0.05, 0.1) is 28.1 Å². The molecule has 0 spiro atoms. The molecule has 0 aliphatic heterocycles. The van der Waals surface area contributed by atoms with Crippen LogP contribution < -0.4 is 11.0 Å². The third-order valence-corrected chi connectivity index (χ3v) is 4.06. The fourth-order valence-electron chi connectivity index (χ4n) is 2.57. The Labute approximate surface area is 149 Å². The summed E-state index contributed by atoms with van der Waals surface area (Å²) in [6.45, 7) is 1.84. The predicted octanol–water partition coefficient (Wildman–Crippen LogP) is 2.84. The maximum atomic E-state index is 12.7. The van der Waals surface area contributed by atoms with Crippen molar-refractivity contribution in [2.75, 3.05) is 5.43 Å². The van der Waals surface area contributed by atoms with E-state index in [9.17, 15) is 14.9 Å². The van der Waals surface area contributed by atoms with Gasteiger partial charge in [-0.05, 0) is 31.2 Å². The zero-order valence-electron chi connectivity index (χ0n) is 14.3. The van der Waals surface area contributed by atoms with Gasteiger partial charge in [0.1, 0.15) is 0 Å². The van der Waals surface area contributed by atoms with Gasteiger partial charge < -0.3 is 0 Å². The lowest BCUT2D eigenvalue weighted by molar-refractivity contribution is -0.384. The van der Waals surface area contributed by atoms with Crippen LogP contribution in [0.25, 0.3) is 5.69 Å². The number of para-hydroxylation sites is 1. The second-order valence-corrected chi connectivity index (χ2v) is 5.65. The van der Waals surface area contributed by atoms with E-state index in [1.165, 1.54) is 18.3 Å². The molecule has 1 N–H and O–H groups in total. The first kappa shape index (κ1) is 17.2. The van der Waals surface area contributed by atoms with Gasteiger partial charge in [-0.1, -0.05) is 18.2 Å². The van der Waals surface area contributed by atoms with E-state index in [0.717, 1.165) is 11.4 Å². The number of hydrogen-bond donors (Lipinski definition) is 1. The van der Waals surface area contributed by atoms with Crippen LogP contribution in [0.1, 0.15) is 11.3 Å². The number of hydrazone groups is 1. The van der Waals surface area contributed by atoms with Crippen molar-refractivity contribution < 1.29 is 4.92 Å². The lowest BCUT2D eigenvalue weighted by Gasteiger charge is -2.07. The van der Waals surface area contributed by atoms with Crippen LogP contribution in [0.15, 0.2) is 64.5 Å². The summed E-state index contributed by atoms with van der Waals surface area (Å²) in [7, 11) is 1.81. The van der Waals surface area contributed by atoms with Gasteiger partial charge >= 0.3 is 0 Å². The van der Waals surface area contributed by atoms with Crippen molar-refractivity contribution in [2.24, 2.45) is 12.1 Å². The maximum absolute atomic E-state index is 12.7. The number of non-ortho nitro benzene ring substituents is 1. The third kappa shape index (κ3) is 3.25. The number of nitro groups is 1. The van der Waals surface area contributed by atoms with E-state index in [2.05, 4.69) is 10.5 Å². The van der Waals surface area contributed by atoms with E-state index < -0.39 is 4.92 Å². The Kier molecular flexibility index (Phi) is 4.66. The van der Waals surface area contributed by atoms with Crippen molar-refractivity contribution in [3.63, 3.8) is 0 Å². The number of aromatic nitrogens is 2. The Morgan fingerprint density at radius 2 is 1.77 bits per heavy atom. The Balaban J connectivity index is 1.85. The van der Waals surface area contributed by atoms with Gasteiger partial charge in [-0.3, -0.25) is 25.0 Å². The van der Waals surface area contributed by atoms with Crippen molar-refractivity contribution in [1.29, 1.82) is 0 Å². The SMILES string of the molecule is Cc1c(C=NNc2ccc([N+](=O)[O-])cc2)c(=O)n(-c2ccccc2)n1C. The number of anilines is 1. The molecule has 0 fully saturated rings. The van der Waals surface area contributed by atoms with Gasteiger partial charge in [0.25, 0.3) is 11.2 Å². The number of nitrogens with zero attached hydrogens (tertiary/aromatic N) is 4. The first-order valence-electron chi connectivity index (χ1n) is 7.86. The molecule has 0 aliphatic carbocycles. The number of nitro benzene ring substituents is 1. The summed E-state index contributed by atoms with van der Waals surface area (Å²) in [5.74, 6) is 0. The Bertz CT molecular complexity index is 1020. The molecule has 0 aliphatic rings. The average molecular weight is 351 g/mol. The van der Waals surface area contributed by atoms with Gasteiger partial charge in [0.15, 0.2) is 0 Å². The summed E-state index contributed by atoms with van der Waals surface area (Å²) in [6.07, 6.45) is 1.46. The minimum absolute atomic E-state index is 0.00387. The molecular formula is C18H17N5O3. The summed E-state index contributed by atoms with van der Waals surface area (Å²) < 4.78 is 3.34. The second-order valence-electron chi connectivity index (χ2n) is 5.65. The summed E-state index contributed by atoms with van der Waals surface area (Å²) in [5, 5.41) is 14.7. The Morgan fingerprint density at radius 3 is 2.38 bits per heavy atom. The van der Waals surface area contributed by atoms with Crippen LogP contribution in [0.2, 0.25) is 0 Å². The van der Waals surface area contributed by atoms with Crippen LogP contribution in [0.3, 0.4) is 0 Å². The normalized spacial score (nSPS) is 11.0. The minimum atomic E-state index is -0.466. The van der Waals surface area contributed by atoms with Gasteiger partial charge in [-0.15, -0.1) is 0 Å². The first-order valence-corrected chi connectivity index (χ1v) is 7.86. The number of hydrogen-bond acceptors (Lipinski definition) is 5. The molecule has 0 bridgehead atoms. The second kappa shape index (κ2) is 7.06. The highest BCUT2D eigenvalue weighted by molar-refractivity contribution is 5.81. The fourth-order valence-corrected chi connectivity index (χ4v) is 2.57. The molecule has 0 amide bonds. The highest BCUT2D eigenvalue weighted by Crippen LogP contribution is 2.15. The monoisotopic (exact) mass is 351 g/mol. The standard InChI is InChI=1S/C18H17N5O3/c1-13-17(12-19-20-14-8-10-16(11-9-14)23(25)26)18(24)22(21(13)2)15-6-4-3-5-7-15/h3-12,20H,1-2H3. The molecule has 0 atom stereocenters. The summed E-state index contributed by atoms with van der Waals surface area (Å²) in [6, 6.07) is 15.2. The first-order chi connectivity index (χ1) is 12.5. The van der Waals surface area contributed by atoms with E-state index in [-0.39, 0.29) is 11.2 Å². The molecule has 0 saturated carbocycles. The van der Waals surface area contributed by atoms with E-state index in [0.29, 0.717) is 11.3 Å². The Hall–Kier alpha value is -3.68. The molecule has 0 saturated heterocycles. The van der Waals surface area contributed by atoms with Gasteiger partial charge in [-0.25, -0.2) is 4.68 Å². The van der Waals surface area contributed by atoms with Crippen molar-refractivity contribution in [3.8, 4) is 5.69 Å². The fraction of sp³-hybridized carbons (Fsp3) is 0.111. The number of rotatable bonds is 5. The molecule has 8 heteroatoms.